The first-order chi connectivity index (χ1) is 7.70. The van der Waals surface area contributed by atoms with Crippen LogP contribution in [-0.2, 0) is 9.59 Å². The molecule has 0 fully saturated rings. The Morgan fingerprint density at radius 2 is 1.88 bits per heavy atom. The smallest absolute Gasteiger partial charge is 0.321 e. The van der Waals surface area contributed by atoms with E-state index in [9.17, 15) is 14.4 Å². The standard InChI is InChI=1S/C10H18N2O4S/c1-5-11-9(16)12-7(13)6(2)17-10(3,4)8(14)15/h6H,5H2,1-4H3,(H,14,15)(H2,11,12,13,16). The molecule has 0 saturated heterocycles. The van der Waals surface area contributed by atoms with Crippen molar-refractivity contribution in [3.63, 3.8) is 0 Å². The summed E-state index contributed by atoms with van der Waals surface area (Å²) in [4.78, 5) is 33.5. The van der Waals surface area contributed by atoms with Crippen LogP contribution in [0.4, 0.5) is 4.79 Å². The molecule has 3 N–H and O–H groups in total. The molecule has 1 atom stereocenters. The molecule has 17 heavy (non-hydrogen) atoms. The van der Waals surface area contributed by atoms with Gasteiger partial charge in [0.25, 0.3) is 0 Å². The van der Waals surface area contributed by atoms with Crippen molar-refractivity contribution in [3.8, 4) is 0 Å². The molecule has 0 saturated carbocycles. The van der Waals surface area contributed by atoms with Gasteiger partial charge in [-0.1, -0.05) is 0 Å². The van der Waals surface area contributed by atoms with Crippen LogP contribution in [-0.4, -0.2) is 39.6 Å². The van der Waals surface area contributed by atoms with E-state index < -0.39 is 27.9 Å². The summed E-state index contributed by atoms with van der Waals surface area (Å²) in [5.41, 5.74) is 0. The Morgan fingerprint density at radius 1 is 1.35 bits per heavy atom. The molecule has 0 radical (unpaired) electrons. The molecule has 0 bridgehead atoms. The Bertz CT molecular complexity index is 317. The van der Waals surface area contributed by atoms with Gasteiger partial charge in [0, 0.05) is 6.54 Å². The molecule has 6 nitrogen and oxygen atoms in total. The van der Waals surface area contributed by atoms with Crippen molar-refractivity contribution in [2.45, 2.75) is 37.7 Å². The highest BCUT2D eigenvalue weighted by atomic mass is 32.2. The van der Waals surface area contributed by atoms with Crippen molar-refractivity contribution < 1.29 is 19.5 Å². The molecule has 3 amide bonds. The molecule has 0 aromatic heterocycles. The molecule has 0 heterocycles. The zero-order valence-electron chi connectivity index (χ0n) is 10.4. The summed E-state index contributed by atoms with van der Waals surface area (Å²) in [6, 6.07) is -0.571. The summed E-state index contributed by atoms with van der Waals surface area (Å²) in [6.07, 6.45) is 0. The third kappa shape index (κ3) is 5.58. The molecule has 0 aliphatic carbocycles. The summed E-state index contributed by atoms with van der Waals surface area (Å²) >= 11 is 0.987. The largest absolute Gasteiger partial charge is 0.480 e. The lowest BCUT2D eigenvalue weighted by Gasteiger charge is -2.22. The fraction of sp³-hybridized carbons (Fsp3) is 0.700. The molecule has 1 unspecified atom stereocenters. The first kappa shape index (κ1) is 15.8. The molecule has 0 aliphatic rings. The predicted octanol–water partition coefficient (Wildman–Crippen LogP) is 0.817. The second-order valence-electron chi connectivity index (χ2n) is 3.92. The Labute approximate surface area is 105 Å². The highest BCUT2D eigenvalue weighted by Crippen LogP contribution is 2.28. The lowest BCUT2D eigenvalue weighted by Crippen LogP contribution is -2.44. The number of nitrogens with one attached hydrogen (secondary N) is 2. The molecule has 0 aromatic rings. The first-order valence-electron chi connectivity index (χ1n) is 5.20. The van der Waals surface area contributed by atoms with Crippen LogP contribution < -0.4 is 10.6 Å². The molecule has 0 rings (SSSR count). The van der Waals surface area contributed by atoms with Gasteiger partial charge in [0.05, 0.1) is 5.25 Å². The van der Waals surface area contributed by atoms with Crippen molar-refractivity contribution in [2.75, 3.05) is 6.54 Å². The van der Waals surface area contributed by atoms with Gasteiger partial charge in [-0.25, -0.2) is 4.79 Å². The zero-order chi connectivity index (χ0) is 13.6. The van der Waals surface area contributed by atoms with Gasteiger partial charge >= 0.3 is 12.0 Å². The van der Waals surface area contributed by atoms with Crippen LogP contribution >= 0.6 is 11.8 Å². The summed E-state index contributed by atoms with van der Waals surface area (Å²) in [6.45, 7) is 6.73. The number of aliphatic carboxylic acids is 1. The summed E-state index contributed by atoms with van der Waals surface area (Å²) in [7, 11) is 0. The minimum absolute atomic E-state index is 0.418. The van der Waals surface area contributed by atoms with Crippen molar-refractivity contribution in [3.05, 3.63) is 0 Å². The van der Waals surface area contributed by atoms with Gasteiger partial charge in [-0.15, -0.1) is 11.8 Å². The molecule has 98 valence electrons. The number of amides is 3. The van der Waals surface area contributed by atoms with Crippen LogP contribution in [0.25, 0.3) is 0 Å². The van der Waals surface area contributed by atoms with E-state index >= 15 is 0 Å². The number of urea groups is 1. The van der Waals surface area contributed by atoms with Crippen LogP contribution in [0.5, 0.6) is 0 Å². The number of imide groups is 1. The molecule has 0 aromatic carbocycles. The number of hydrogen-bond donors (Lipinski definition) is 3. The second-order valence-corrected chi connectivity index (χ2v) is 5.89. The van der Waals surface area contributed by atoms with E-state index in [1.807, 2.05) is 0 Å². The fourth-order valence-electron chi connectivity index (χ4n) is 0.964. The maximum atomic E-state index is 11.5. The van der Waals surface area contributed by atoms with E-state index in [1.165, 1.54) is 13.8 Å². The van der Waals surface area contributed by atoms with Crippen molar-refractivity contribution >= 4 is 29.7 Å². The molecule has 0 aliphatic heterocycles. The highest BCUT2D eigenvalue weighted by Gasteiger charge is 2.32. The number of carbonyl (C=O) groups is 3. The predicted molar refractivity (Wildman–Crippen MR) is 66.0 cm³/mol. The first-order valence-corrected chi connectivity index (χ1v) is 6.08. The second kappa shape index (κ2) is 6.48. The average molecular weight is 262 g/mol. The summed E-state index contributed by atoms with van der Waals surface area (Å²) in [5, 5.41) is 12.8. The third-order valence-corrected chi connectivity index (χ3v) is 3.26. The monoisotopic (exact) mass is 262 g/mol. The summed E-state index contributed by atoms with van der Waals surface area (Å²) in [5.74, 6) is -1.50. The number of hydrogen-bond acceptors (Lipinski definition) is 4. The van der Waals surface area contributed by atoms with E-state index in [0.717, 1.165) is 11.8 Å². The van der Waals surface area contributed by atoms with Gasteiger partial charge in [0.1, 0.15) is 4.75 Å². The average Bonchev–Trinajstić information content (AvgIpc) is 2.16. The molecular weight excluding hydrogens is 244 g/mol. The van der Waals surface area contributed by atoms with Gasteiger partial charge in [0.15, 0.2) is 0 Å². The van der Waals surface area contributed by atoms with E-state index in [2.05, 4.69) is 10.6 Å². The van der Waals surface area contributed by atoms with Gasteiger partial charge in [-0.3, -0.25) is 14.9 Å². The van der Waals surface area contributed by atoms with Crippen molar-refractivity contribution in [2.24, 2.45) is 0 Å². The van der Waals surface area contributed by atoms with E-state index in [0.29, 0.717) is 6.54 Å². The van der Waals surface area contributed by atoms with Crippen LogP contribution in [0.2, 0.25) is 0 Å². The molecule has 7 heteroatoms. The SMILES string of the molecule is CCNC(=O)NC(=O)C(C)SC(C)(C)C(=O)O. The maximum Gasteiger partial charge on any atom is 0.321 e. The van der Waals surface area contributed by atoms with Gasteiger partial charge in [0.2, 0.25) is 5.91 Å². The van der Waals surface area contributed by atoms with Crippen LogP contribution in [0.15, 0.2) is 0 Å². The van der Waals surface area contributed by atoms with Crippen molar-refractivity contribution in [1.82, 2.24) is 10.6 Å². The van der Waals surface area contributed by atoms with Gasteiger partial charge in [-0.2, -0.15) is 0 Å². The molecular formula is C10H18N2O4S. The van der Waals surface area contributed by atoms with E-state index in [1.54, 1.807) is 13.8 Å². The van der Waals surface area contributed by atoms with Crippen LogP contribution in [0.1, 0.15) is 27.7 Å². The lowest BCUT2D eigenvalue weighted by molar-refractivity contribution is -0.138. The Balaban J connectivity index is 4.33. The maximum absolute atomic E-state index is 11.5. The quantitative estimate of drug-likeness (QED) is 0.681. The molecule has 0 spiro atoms. The number of rotatable bonds is 5. The van der Waals surface area contributed by atoms with E-state index in [4.69, 9.17) is 5.11 Å². The Hall–Kier alpha value is -1.24. The highest BCUT2D eigenvalue weighted by molar-refractivity contribution is 8.02. The minimum atomic E-state index is -1.07. The Morgan fingerprint density at radius 3 is 2.29 bits per heavy atom. The topological polar surface area (TPSA) is 95.5 Å². The number of carbonyl (C=O) groups excluding carboxylic acids is 2. The van der Waals surface area contributed by atoms with Crippen molar-refractivity contribution in [1.29, 1.82) is 0 Å². The normalized spacial score (nSPS) is 12.7. The van der Waals surface area contributed by atoms with E-state index in [-0.39, 0.29) is 0 Å². The number of carboxylic acid groups (broad SMARTS) is 1. The van der Waals surface area contributed by atoms with Crippen LogP contribution in [0, 0.1) is 0 Å². The summed E-state index contributed by atoms with van der Waals surface area (Å²) < 4.78 is -1.07. The van der Waals surface area contributed by atoms with Gasteiger partial charge < -0.3 is 10.4 Å². The fourth-order valence-corrected chi connectivity index (χ4v) is 2.11. The Kier molecular flexibility index (Phi) is 6.01. The third-order valence-electron chi connectivity index (χ3n) is 1.93. The minimum Gasteiger partial charge on any atom is -0.480 e. The zero-order valence-corrected chi connectivity index (χ0v) is 11.2. The van der Waals surface area contributed by atoms with Crippen LogP contribution in [0.3, 0.4) is 0 Å². The number of thioether (sulfide) groups is 1. The lowest BCUT2D eigenvalue weighted by atomic mass is 10.2. The number of carboxylic acids is 1. The van der Waals surface area contributed by atoms with Gasteiger partial charge in [-0.05, 0) is 27.7 Å².